The Kier molecular flexibility index (Phi) is 3.66. The maximum absolute atomic E-state index is 11.5. The van der Waals surface area contributed by atoms with E-state index in [1.807, 2.05) is 6.92 Å². The average molecular weight is 252 g/mol. The molecule has 1 aromatic rings. The molecule has 98 valence electrons. The van der Waals surface area contributed by atoms with Gasteiger partial charge in [0.25, 0.3) is 5.91 Å². The molecular weight excluding hydrogens is 236 g/mol. The Labute approximate surface area is 105 Å². The zero-order chi connectivity index (χ0) is 13.0. The van der Waals surface area contributed by atoms with E-state index in [1.54, 1.807) is 12.1 Å². The molecule has 1 aromatic heterocycles. The molecule has 0 bridgehead atoms. The highest BCUT2D eigenvalue weighted by Crippen LogP contribution is 2.24. The van der Waals surface area contributed by atoms with Gasteiger partial charge in [0.1, 0.15) is 0 Å². The SMILES string of the molecule is CC1(CNC(=O)CNC(=O)c2ccco2)COC1. The molecule has 18 heavy (non-hydrogen) atoms. The maximum Gasteiger partial charge on any atom is 0.287 e. The number of carbonyl (C=O) groups excluding carboxylic acids is 2. The van der Waals surface area contributed by atoms with Crippen molar-refractivity contribution in [2.45, 2.75) is 6.92 Å². The Hall–Kier alpha value is -1.82. The van der Waals surface area contributed by atoms with Gasteiger partial charge >= 0.3 is 0 Å². The Morgan fingerprint density at radius 1 is 1.39 bits per heavy atom. The monoisotopic (exact) mass is 252 g/mol. The van der Waals surface area contributed by atoms with Crippen LogP contribution in [0.2, 0.25) is 0 Å². The summed E-state index contributed by atoms with van der Waals surface area (Å²) in [5, 5.41) is 5.24. The van der Waals surface area contributed by atoms with Crippen LogP contribution >= 0.6 is 0 Å². The van der Waals surface area contributed by atoms with E-state index in [0.717, 1.165) is 0 Å². The topological polar surface area (TPSA) is 80.6 Å². The summed E-state index contributed by atoms with van der Waals surface area (Å²) in [6, 6.07) is 3.16. The molecule has 1 saturated heterocycles. The van der Waals surface area contributed by atoms with Crippen LogP contribution in [0.4, 0.5) is 0 Å². The van der Waals surface area contributed by atoms with Crippen LogP contribution in [0, 0.1) is 5.41 Å². The van der Waals surface area contributed by atoms with Crippen LogP contribution in [0.1, 0.15) is 17.5 Å². The second-order valence-corrected chi connectivity index (χ2v) is 4.74. The van der Waals surface area contributed by atoms with Gasteiger partial charge in [-0.2, -0.15) is 0 Å². The largest absolute Gasteiger partial charge is 0.459 e. The maximum atomic E-state index is 11.5. The predicted octanol–water partition coefficient (Wildman–Crippen LogP) is 0.162. The minimum absolute atomic E-state index is 0.0285. The zero-order valence-corrected chi connectivity index (χ0v) is 10.2. The second kappa shape index (κ2) is 5.22. The van der Waals surface area contributed by atoms with Crippen LogP contribution in [0.15, 0.2) is 22.8 Å². The van der Waals surface area contributed by atoms with Crippen molar-refractivity contribution in [1.82, 2.24) is 10.6 Å². The standard InChI is InChI=1S/C12H16N2O4/c1-12(7-17-8-12)6-14-10(15)5-13-11(16)9-3-2-4-18-9/h2-4H,5-8H2,1H3,(H,13,16)(H,14,15). The van der Waals surface area contributed by atoms with Crippen molar-refractivity contribution in [1.29, 1.82) is 0 Å². The van der Waals surface area contributed by atoms with Crippen molar-refractivity contribution in [3.05, 3.63) is 24.2 Å². The van der Waals surface area contributed by atoms with E-state index in [9.17, 15) is 9.59 Å². The van der Waals surface area contributed by atoms with Crippen LogP contribution < -0.4 is 10.6 Å². The molecule has 0 atom stereocenters. The highest BCUT2D eigenvalue weighted by atomic mass is 16.5. The molecule has 1 aliphatic heterocycles. The van der Waals surface area contributed by atoms with Gasteiger partial charge in [0.15, 0.2) is 5.76 Å². The van der Waals surface area contributed by atoms with E-state index in [1.165, 1.54) is 6.26 Å². The fraction of sp³-hybridized carbons (Fsp3) is 0.500. The van der Waals surface area contributed by atoms with Crippen molar-refractivity contribution < 1.29 is 18.7 Å². The number of carbonyl (C=O) groups is 2. The first-order chi connectivity index (χ1) is 8.59. The van der Waals surface area contributed by atoms with Gasteiger partial charge in [0.05, 0.1) is 26.0 Å². The third-order valence-corrected chi connectivity index (χ3v) is 2.77. The molecule has 0 aliphatic carbocycles. The van der Waals surface area contributed by atoms with E-state index < -0.39 is 5.91 Å². The molecule has 0 radical (unpaired) electrons. The minimum Gasteiger partial charge on any atom is -0.459 e. The van der Waals surface area contributed by atoms with Crippen molar-refractivity contribution in [3.63, 3.8) is 0 Å². The lowest BCUT2D eigenvalue weighted by molar-refractivity contribution is -0.125. The van der Waals surface area contributed by atoms with E-state index in [2.05, 4.69) is 10.6 Å². The molecule has 6 heteroatoms. The summed E-state index contributed by atoms with van der Waals surface area (Å²) in [5.41, 5.74) is 0.0285. The smallest absolute Gasteiger partial charge is 0.287 e. The Morgan fingerprint density at radius 2 is 2.17 bits per heavy atom. The second-order valence-electron chi connectivity index (χ2n) is 4.74. The average Bonchev–Trinajstić information content (AvgIpc) is 2.84. The summed E-state index contributed by atoms with van der Waals surface area (Å²) in [6.45, 7) is 3.86. The van der Waals surface area contributed by atoms with Crippen molar-refractivity contribution >= 4 is 11.8 Å². The Balaban J connectivity index is 1.67. The summed E-state index contributed by atoms with van der Waals surface area (Å²) in [7, 11) is 0. The first-order valence-electron chi connectivity index (χ1n) is 5.75. The van der Waals surface area contributed by atoms with Gasteiger partial charge in [-0.25, -0.2) is 0 Å². The summed E-state index contributed by atoms with van der Waals surface area (Å²) in [5.74, 6) is -0.418. The van der Waals surface area contributed by atoms with E-state index in [-0.39, 0.29) is 23.6 Å². The molecule has 2 N–H and O–H groups in total. The first kappa shape index (κ1) is 12.6. The quantitative estimate of drug-likeness (QED) is 0.782. The summed E-state index contributed by atoms with van der Waals surface area (Å²) in [4.78, 5) is 23.0. The molecule has 0 spiro atoms. The van der Waals surface area contributed by atoms with E-state index >= 15 is 0 Å². The molecule has 0 saturated carbocycles. The van der Waals surface area contributed by atoms with Gasteiger partial charge in [-0.1, -0.05) is 6.92 Å². The van der Waals surface area contributed by atoms with Crippen LogP contribution in [0.25, 0.3) is 0 Å². The van der Waals surface area contributed by atoms with Gasteiger partial charge in [-0.05, 0) is 12.1 Å². The summed E-state index contributed by atoms with van der Waals surface area (Å²) in [6.07, 6.45) is 1.41. The highest BCUT2D eigenvalue weighted by Gasteiger charge is 2.33. The van der Waals surface area contributed by atoms with Crippen molar-refractivity contribution in [2.75, 3.05) is 26.3 Å². The van der Waals surface area contributed by atoms with Crippen LogP contribution in [0.5, 0.6) is 0 Å². The molecule has 6 nitrogen and oxygen atoms in total. The molecule has 2 heterocycles. The van der Waals surface area contributed by atoms with E-state index in [4.69, 9.17) is 9.15 Å². The Morgan fingerprint density at radius 3 is 2.72 bits per heavy atom. The number of hydrogen-bond acceptors (Lipinski definition) is 4. The van der Waals surface area contributed by atoms with Crippen LogP contribution in [-0.2, 0) is 9.53 Å². The number of ether oxygens (including phenoxy) is 1. The number of rotatable bonds is 5. The minimum atomic E-state index is -0.395. The zero-order valence-electron chi connectivity index (χ0n) is 10.2. The third kappa shape index (κ3) is 3.10. The van der Waals surface area contributed by atoms with Gasteiger partial charge in [-0.3, -0.25) is 9.59 Å². The number of nitrogens with one attached hydrogen (secondary N) is 2. The van der Waals surface area contributed by atoms with Crippen molar-refractivity contribution in [3.8, 4) is 0 Å². The fourth-order valence-corrected chi connectivity index (χ4v) is 1.58. The highest BCUT2D eigenvalue weighted by molar-refractivity contribution is 5.94. The molecular formula is C12H16N2O4. The first-order valence-corrected chi connectivity index (χ1v) is 5.75. The third-order valence-electron chi connectivity index (χ3n) is 2.77. The van der Waals surface area contributed by atoms with Crippen LogP contribution in [0.3, 0.4) is 0 Å². The summed E-state index contributed by atoms with van der Waals surface area (Å²) < 4.78 is 9.99. The van der Waals surface area contributed by atoms with E-state index in [0.29, 0.717) is 19.8 Å². The van der Waals surface area contributed by atoms with Gasteiger partial charge in [0.2, 0.25) is 5.91 Å². The lowest BCUT2D eigenvalue weighted by atomic mass is 9.89. The normalized spacial score (nSPS) is 16.7. The summed E-state index contributed by atoms with van der Waals surface area (Å²) >= 11 is 0. The number of hydrogen-bond donors (Lipinski definition) is 2. The molecule has 1 fully saturated rings. The lowest BCUT2D eigenvalue weighted by Gasteiger charge is -2.38. The fourth-order valence-electron chi connectivity index (χ4n) is 1.58. The molecule has 0 aromatic carbocycles. The number of furan rings is 1. The predicted molar refractivity (Wildman–Crippen MR) is 63.0 cm³/mol. The molecule has 2 rings (SSSR count). The van der Waals surface area contributed by atoms with Gasteiger partial charge in [0, 0.05) is 12.0 Å². The van der Waals surface area contributed by atoms with Gasteiger partial charge in [-0.15, -0.1) is 0 Å². The molecule has 0 unspecified atom stereocenters. The van der Waals surface area contributed by atoms with Gasteiger partial charge < -0.3 is 19.8 Å². The molecule has 2 amide bonds. The molecule has 1 aliphatic rings. The Bertz CT molecular complexity index is 423. The van der Waals surface area contributed by atoms with Crippen molar-refractivity contribution in [2.24, 2.45) is 5.41 Å². The number of amides is 2. The lowest BCUT2D eigenvalue weighted by Crippen LogP contribution is -2.50. The van der Waals surface area contributed by atoms with Crippen LogP contribution in [-0.4, -0.2) is 38.1 Å².